The molecule has 0 unspecified atom stereocenters. The molecule has 2 rings (SSSR count). The molecule has 1 aromatic carbocycles. The highest BCUT2D eigenvalue weighted by molar-refractivity contribution is 5.39. The van der Waals surface area contributed by atoms with Gasteiger partial charge in [0, 0.05) is 37.6 Å². The van der Waals surface area contributed by atoms with Gasteiger partial charge in [-0.3, -0.25) is 9.58 Å². The van der Waals surface area contributed by atoms with E-state index in [4.69, 9.17) is 5.73 Å². The van der Waals surface area contributed by atoms with E-state index in [2.05, 4.69) is 29.2 Å². The smallest absolute Gasteiger partial charge is 0.0534 e. The van der Waals surface area contributed by atoms with Crippen LogP contribution in [0.15, 0.2) is 36.7 Å². The fourth-order valence-corrected chi connectivity index (χ4v) is 1.86. The van der Waals surface area contributed by atoms with Gasteiger partial charge in [0.15, 0.2) is 0 Å². The molecule has 0 aliphatic rings. The van der Waals surface area contributed by atoms with E-state index in [1.165, 1.54) is 11.1 Å². The van der Waals surface area contributed by atoms with E-state index in [9.17, 15) is 0 Å². The first-order valence-electron chi connectivity index (χ1n) is 5.64. The lowest BCUT2D eigenvalue weighted by Gasteiger charge is -2.15. The molecule has 0 radical (unpaired) electrons. The number of aromatic nitrogens is 2. The van der Waals surface area contributed by atoms with Crippen LogP contribution < -0.4 is 5.73 Å². The molecule has 2 aromatic rings. The summed E-state index contributed by atoms with van der Waals surface area (Å²) < 4.78 is 1.83. The molecule has 1 aromatic heterocycles. The summed E-state index contributed by atoms with van der Waals surface area (Å²) >= 11 is 0. The number of nitrogens with zero attached hydrogens (tertiary/aromatic N) is 3. The van der Waals surface area contributed by atoms with Gasteiger partial charge in [0.2, 0.25) is 0 Å². The SMILES string of the molecule is CN(Cc1ccc(N)cc1)Cc1cnn(C)c1. The number of aryl methyl sites for hydroxylation is 1. The Balaban J connectivity index is 1.93. The number of nitrogens with two attached hydrogens (primary N) is 1. The molecule has 1 heterocycles. The van der Waals surface area contributed by atoms with Gasteiger partial charge in [-0.15, -0.1) is 0 Å². The van der Waals surface area contributed by atoms with Crippen LogP contribution in [0.5, 0.6) is 0 Å². The van der Waals surface area contributed by atoms with Gasteiger partial charge >= 0.3 is 0 Å². The first kappa shape index (κ1) is 11.7. The Morgan fingerprint density at radius 3 is 2.41 bits per heavy atom. The van der Waals surface area contributed by atoms with Crippen LogP contribution in [0.2, 0.25) is 0 Å². The summed E-state index contributed by atoms with van der Waals surface area (Å²) in [4.78, 5) is 2.25. The number of nitrogen functional groups attached to an aromatic ring is 1. The van der Waals surface area contributed by atoms with Crippen LogP contribution >= 0.6 is 0 Å². The Morgan fingerprint density at radius 1 is 1.18 bits per heavy atom. The van der Waals surface area contributed by atoms with Crippen LogP contribution in [0, 0.1) is 0 Å². The average Bonchev–Trinajstić information content (AvgIpc) is 2.67. The van der Waals surface area contributed by atoms with Crippen molar-refractivity contribution in [3.63, 3.8) is 0 Å². The second kappa shape index (κ2) is 5.01. The standard InChI is InChI=1S/C13H18N4/c1-16(9-12-7-15-17(2)10-12)8-11-3-5-13(14)6-4-11/h3-7,10H,8-9,14H2,1-2H3. The maximum Gasteiger partial charge on any atom is 0.0534 e. The molecule has 0 bridgehead atoms. The van der Waals surface area contributed by atoms with E-state index in [1.807, 2.05) is 36.3 Å². The summed E-state index contributed by atoms with van der Waals surface area (Å²) in [5.74, 6) is 0. The summed E-state index contributed by atoms with van der Waals surface area (Å²) in [6.07, 6.45) is 3.94. The Morgan fingerprint density at radius 2 is 1.82 bits per heavy atom. The van der Waals surface area contributed by atoms with Crippen LogP contribution in [0.1, 0.15) is 11.1 Å². The van der Waals surface area contributed by atoms with Crippen LogP contribution in [-0.2, 0) is 20.1 Å². The van der Waals surface area contributed by atoms with Gasteiger partial charge in [0.1, 0.15) is 0 Å². The van der Waals surface area contributed by atoms with Crippen molar-refractivity contribution in [1.82, 2.24) is 14.7 Å². The Hall–Kier alpha value is -1.81. The van der Waals surface area contributed by atoms with Gasteiger partial charge < -0.3 is 5.73 Å². The first-order chi connectivity index (χ1) is 8.13. The molecular formula is C13H18N4. The van der Waals surface area contributed by atoms with Crippen LogP contribution in [0.4, 0.5) is 5.69 Å². The molecule has 0 amide bonds. The minimum absolute atomic E-state index is 0.809. The molecule has 0 spiro atoms. The molecule has 0 atom stereocenters. The zero-order chi connectivity index (χ0) is 12.3. The predicted octanol–water partition coefficient (Wildman–Crippen LogP) is 1.63. The number of rotatable bonds is 4. The van der Waals surface area contributed by atoms with Crippen LogP contribution in [0.3, 0.4) is 0 Å². The van der Waals surface area contributed by atoms with Crippen molar-refractivity contribution in [3.8, 4) is 0 Å². The predicted molar refractivity (Wildman–Crippen MR) is 69.2 cm³/mol. The number of benzene rings is 1. The molecule has 0 aliphatic heterocycles. The maximum absolute atomic E-state index is 5.66. The third-order valence-electron chi connectivity index (χ3n) is 2.64. The molecule has 4 nitrogen and oxygen atoms in total. The van der Waals surface area contributed by atoms with Crippen molar-refractivity contribution in [2.45, 2.75) is 13.1 Å². The fraction of sp³-hybridized carbons (Fsp3) is 0.308. The van der Waals surface area contributed by atoms with Crippen molar-refractivity contribution in [2.24, 2.45) is 7.05 Å². The van der Waals surface area contributed by atoms with Gasteiger partial charge in [-0.2, -0.15) is 5.10 Å². The minimum Gasteiger partial charge on any atom is -0.399 e. The van der Waals surface area contributed by atoms with Gasteiger partial charge in [0.05, 0.1) is 6.20 Å². The zero-order valence-corrected chi connectivity index (χ0v) is 10.3. The number of anilines is 1. The van der Waals surface area contributed by atoms with Gasteiger partial charge in [-0.25, -0.2) is 0 Å². The topological polar surface area (TPSA) is 47.1 Å². The Labute approximate surface area is 102 Å². The van der Waals surface area contributed by atoms with Crippen molar-refractivity contribution in [3.05, 3.63) is 47.8 Å². The summed E-state index contributed by atoms with van der Waals surface area (Å²) in [5, 5.41) is 4.16. The second-order valence-electron chi connectivity index (χ2n) is 4.44. The lowest BCUT2D eigenvalue weighted by atomic mass is 10.2. The van der Waals surface area contributed by atoms with Crippen molar-refractivity contribution in [1.29, 1.82) is 0 Å². The first-order valence-corrected chi connectivity index (χ1v) is 5.64. The van der Waals surface area contributed by atoms with Gasteiger partial charge in [0.25, 0.3) is 0 Å². The van der Waals surface area contributed by atoms with Gasteiger partial charge in [-0.1, -0.05) is 12.1 Å². The molecule has 0 saturated heterocycles. The highest BCUT2D eigenvalue weighted by Crippen LogP contribution is 2.09. The molecule has 17 heavy (non-hydrogen) atoms. The van der Waals surface area contributed by atoms with E-state index in [-0.39, 0.29) is 0 Å². The summed E-state index contributed by atoms with van der Waals surface area (Å²) in [6.45, 7) is 1.81. The third-order valence-corrected chi connectivity index (χ3v) is 2.64. The fourth-order valence-electron chi connectivity index (χ4n) is 1.86. The van der Waals surface area contributed by atoms with E-state index in [0.717, 1.165) is 18.8 Å². The lowest BCUT2D eigenvalue weighted by molar-refractivity contribution is 0.319. The summed E-state index contributed by atoms with van der Waals surface area (Å²) in [5.41, 5.74) is 8.96. The van der Waals surface area contributed by atoms with E-state index >= 15 is 0 Å². The molecule has 0 saturated carbocycles. The summed E-state index contributed by atoms with van der Waals surface area (Å²) in [6, 6.07) is 8.00. The van der Waals surface area contributed by atoms with Crippen molar-refractivity contribution < 1.29 is 0 Å². The van der Waals surface area contributed by atoms with E-state index < -0.39 is 0 Å². The Bertz CT molecular complexity index is 472. The highest BCUT2D eigenvalue weighted by atomic mass is 15.2. The van der Waals surface area contributed by atoms with Gasteiger partial charge in [-0.05, 0) is 24.7 Å². The van der Waals surface area contributed by atoms with Crippen LogP contribution in [0.25, 0.3) is 0 Å². The maximum atomic E-state index is 5.66. The molecular weight excluding hydrogens is 212 g/mol. The third kappa shape index (κ3) is 3.32. The molecule has 90 valence electrons. The second-order valence-corrected chi connectivity index (χ2v) is 4.44. The zero-order valence-electron chi connectivity index (χ0n) is 10.3. The van der Waals surface area contributed by atoms with Crippen molar-refractivity contribution in [2.75, 3.05) is 12.8 Å². The minimum atomic E-state index is 0.809. The Kier molecular flexibility index (Phi) is 3.44. The molecule has 4 heteroatoms. The molecule has 0 fully saturated rings. The van der Waals surface area contributed by atoms with E-state index in [0.29, 0.717) is 0 Å². The van der Waals surface area contributed by atoms with Crippen molar-refractivity contribution >= 4 is 5.69 Å². The normalized spacial score (nSPS) is 11.0. The largest absolute Gasteiger partial charge is 0.399 e. The van der Waals surface area contributed by atoms with Crippen LogP contribution in [-0.4, -0.2) is 21.7 Å². The summed E-state index contributed by atoms with van der Waals surface area (Å²) in [7, 11) is 4.03. The monoisotopic (exact) mass is 230 g/mol. The lowest BCUT2D eigenvalue weighted by Crippen LogP contribution is -2.16. The molecule has 2 N–H and O–H groups in total. The molecule has 0 aliphatic carbocycles. The average molecular weight is 230 g/mol. The number of hydrogen-bond acceptors (Lipinski definition) is 3. The number of hydrogen-bond donors (Lipinski definition) is 1. The van der Waals surface area contributed by atoms with E-state index in [1.54, 1.807) is 0 Å². The quantitative estimate of drug-likeness (QED) is 0.812. The highest BCUT2D eigenvalue weighted by Gasteiger charge is 2.03.